The van der Waals surface area contributed by atoms with Gasteiger partial charge in [0.1, 0.15) is 0 Å². The predicted octanol–water partition coefficient (Wildman–Crippen LogP) is 14.5. The predicted molar refractivity (Wildman–Crippen MR) is 246 cm³/mol. The van der Waals surface area contributed by atoms with E-state index in [9.17, 15) is 0 Å². The quantitative estimate of drug-likeness (QED) is 0.160. The average molecular weight is 760 g/mol. The average Bonchev–Trinajstić information content (AvgIpc) is 4.01. The molecule has 1 saturated carbocycles. The van der Waals surface area contributed by atoms with Crippen molar-refractivity contribution in [2.45, 2.75) is 38.0 Å². The third kappa shape index (κ3) is 5.07. The molecule has 12 rings (SSSR count). The highest BCUT2D eigenvalue weighted by Gasteiger charge is 2.62. The highest BCUT2D eigenvalue weighted by molar-refractivity contribution is 6.10. The van der Waals surface area contributed by atoms with Gasteiger partial charge in [-0.05, 0) is 146 Å². The number of anilines is 6. The summed E-state index contributed by atoms with van der Waals surface area (Å²) < 4.78 is 2.45. The summed E-state index contributed by atoms with van der Waals surface area (Å²) in [5.41, 5.74) is 18.2. The summed E-state index contributed by atoms with van der Waals surface area (Å²) >= 11 is 0. The van der Waals surface area contributed by atoms with E-state index in [2.05, 4.69) is 215 Å². The molecule has 3 aliphatic carbocycles. The molecule has 0 amide bonds. The minimum absolute atomic E-state index is 0.117. The number of hydrogen-bond acceptors (Lipinski definition) is 2. The summed E-state index contributed by atoms with van der Waals surface area (Å²) in [6.07, 6.45) is 4.71. The molecule has 0 N–H and O–H groups in total. The van der Waals surface area contributed by atoms with Gasteiger partial charge in [-0.1, -0.05) is 121 Å². The monoisotopic (exact) mass is 759 g/mol. The lowest BCUT2D eigenvalue weighted by atomic mass is 9.68. The Morgan fingerprint density at radius 3 is 1.49 bits per heavy atom. The highest BCUT2D eigenvalue weighted by Crippen LogP contribution is 2.68. The smallest absolute Gasteiger partial charge is 0.0561 e. The van der Waals surface area contributed by atoms with Crippen LogP contribution in [0.4, 0.5) is 34.1 Å². The number of aryl methyl sites for hydroxylation is 1. The van der Waals surface area contributed by atoms with E-state index in [-0.39, 0.29) is 5.41 Å². The molecule has 3 heteroatoms. The zero-order chi connectivity index (χ0) is 39.1. The van der Waals surface area contributed by atoms with Crippen molar-refractivity contribution in [3.05, 3.63) is 222 Å². The van der Waals surface area contributed by atoms with Crippen LogP contribution in [0.3, 0.4) is 0 Å². The molecular formula is C56H45N3. The lowest BCUT2D eigenvalue weighted by Crippen LogP contribution is -2.34. The van der Waals surface area contributed by atoms with Crippen molar-refractivity contribution in [1.29, 1.82) is 0 Å². The summed E-state index contributed by atoms with van der Waals surface area (Å²) in [6, 6.07) is 72.4. The lowest BCUT2D eigenvalue weighted by molar-refractivity contribution is 0.350. The molecule has 3 atom stereocenters. The molecule has 284 valence electrons. The molecule has 3 aliphatic rings. The Labute approximate surface area is 346 Å². The number of hydrogen-bond donors (Lipinski definition) is 0. The third-order valence-corrected chi connectivity index (χ3v) is 13.9. The summed E-state index contributed by atoms with van der Waals surface area (Å²) in [7, 11) is 0. The molecule has 0 bridgehead atoms. The molecule has 3 nitrogen and oxygen atoms in total. The van der Waals surface area contributed by atoms with Crippen LogP contribution in [-0.4, -0.2) is 4.57 Å². The van der Waals surface area contributed by atoms with Gasteiger partial charge in [-0.3, -0.25) is 0 Å². The van der Waals surface area contributed by atoms with Crippen LogP contribution in [0, 0.1) is 18.8 Å². The van der Waals surface area contributed by atoms with Gasteiger partial charge in [0.15, 0.2) is 0 Å². The van der Waals surface area contributed by atoms with E-state index < -0.39 is 0 Å². The van der Waals surface area contributed by atoms with Crippen LogP contribution in [-0.2, 0) is 18.3 Å². The fourth-order valence-electron chi connectivity index (χ4n) is 11.7. The molecule has 1 fully saturated rings. The molecule has 8 aromatic carbocycles. The van der Waals surface area contributed by atoms with E-state index in [0.29, 0.717) is 11.8 Å². The number of rotatable bonds is 7. The molecule has 3 unspecified atom stereocenters. The molecule has 9 aromatic rings. The number of fused-ring (bicyclic) bond motifs is 5. The number of aromatic nitrogens is 1. The standard InChI is InChI=1S/C56H45N3/c1-38-27-31-46(32-28-38)59-50-24-12-11-23-48(50)49-34-33-47(37-53(49)59)58(45-21-9-4-10-22-45)52-26-14-16-40-36-42-30-29-41-35-39-15-13-25-51(54(39)56(41,42)55(40)52)57(43-17-5-2-6-18-43)44-19-7-3-8-20-44/h2-28,31-34,37,41-42H,29-30,35-36H2,1H3. The largest absolute Gasteiger partial charge is 0.310 e. The van der Waals surface area contributed by atoms with Crippen LogP contribution in [0.15, 0.2) is 194 Å². The zero-order valence-electron chi connectivity index (χ0n) is 33.3. The van der Waals surface area contributed by atoms with Crippen molar-refractivity contribution >= 4 is 55.9 Å². The zero-order valence-corrected chi connectivity index (χ0v) is 33.3. The van der Waals surface area contributed by atoms with Gasteiger partial charge in [-0.25, -0.2) is 0 Å². The minimum Gasteiger partial charge on any atom is -0.310 e. The van der Waals surface area contributed by atoms with Gasteiger partial charge in [-0.15, -0.1) is 0 Å². The molecule has 0 saturated heterocycles. The Kier molecular flexibility index (Phi) is 7.75. The van der Waals surface area contributed by atoms with Gasteiger partial charge in [0.05, 0.1) is 22.4 Å². The van der Waals surface area contributed by atoms with E-state index in [0.717, 1.165) is 12.8 Å². The number of nitrogens with zero attached hydrogens (tertiary/aromatic N) is 3. The van der Waals surface area contributed by atoms with Crippen molar-refractivity contribution in [3.8, 4) is 5.69 Å². The Bertz CT molecular complexity index is 2970. The minimum atomic E-state index is -0.117. The second-order valence-electron chi connectivity index (χ2n) is 16.9. The fourth-order valence-corrected chi connectivity index (χ4v) is 11.7. The van der Waals surface area contributed by atoms with E-state index >= 15 is 0 Å². The summed E-state index contributed by atoms with van der Waals surface area (Å²) in [5.74, 6) is 1.06. The van der Waals surface area contributed by atoms with Crippen LogP contribution in [0.25, 0.3) is 27.5 Å². The first kappa shape index (κ1) is 34.2. The third-order valence-electron chi connectivity index (χ3n) is 13.9. The van der Waals surface area contributed by atoms with Gasteiger partial charge in [0.2, 0.25) is 0 Å². The maximum absolute atomic E-state index is 2.58. The molecule has 1 aromatic heterocycles. The maximum atomic E-state index is 2.58. The van der Waals surface area contributed by atoms with E-state index in [4.69, 9.17) is 0 Å². The Balaban J connectivity index is 1.11. The fraction of sp³-hybridized carbons (Fsp3) is 0.143. The van der Waals surface area contributed by atoms with Crippen molar-refractivity contribution < 1.29 is 0 Å². The van der Waals surface area contributed by atoms with Crippen LogP contribution in [0.1, 0.15) is 40.7 Å². The van der Waals surface area contributed by atoms with E-state index in [1.54, 1.807) is 0 Å². The topological polar surface area (TPSA) is 11.4 Å². The lowest BCUT2D eigenvalue weighted by Gasteiger charge is -2.40. The highest BCUT2D eigenvalue weighted by atomic mass is 15.2. The molecule has 1 spiro atoms. The second-order valence-corrected chi connectivity index (χ2v) is 16.9. The van der Waals surface area contributed by atoms with Crippen LogP contribution < -0.4 is 9.80 Å². The Morgan fingerprint density at radius 1 is 0.441 bits per heavy atom. The van der Waals surface area contributed by atoms with Gasteiger partial charge in [-0.2, -0.15) is 0 Å². The number of benzene rings is 8. The van der Waals surface area contributed by atoms with Crippen molar-refractivity contribution in [1.82, 2.24) is 4.57 Å². The van der Waals surface area contributed by atoms with Gasteiger partial charge in [0.25, 0.3) is 0 Å². The summed E-state index contributed by atoms with van der Waals surface area (Å²) in [4.78, 5) is 5.10. The molecular weight excluding hydrogens is 715 g/mol. The molecule has 0 radical (unpaired) electrons. The van der Waals surface area contributed by atoms with Crippen molar-refractivity contribution in [3.63, 3.8) is 0 Å². The van der Waals surface area contributed by atoms with Gasteiger partial charge < -0.3 is 14.4 Å². The normalized spacial score (nSPS) is 18.7. The number of para-hydroxylation sites is 4. The van der Waals surface area contributed by atoms with E-state index in [1.165, 1.54) is 102 Å². The summed E-state index contributed by atoms with van der Waals surface area (Å²) in [5, 5.41) is 2.54. The molecule has 59 heavy (non-hydrogen) atoms. The van der Waals surface area contributed by atoms with Crippen molar-refractivity contribution in [2.75, 3.05) is 9.80 Å². The maximum Gasteiger partial charge on any atom is 0.0561 e. The van der Waals surface area contributed by atoms with Crippen LogP contribution in [0.5, 0.6) is 0 Å². The van der Waals surface area contributed by atoms with E-state index in [1.807, 2.05) is 0 Å². The SMILES string of the molecule is Cc1ccc(-n2c3ccccc3c3ccc(N(c4ccccc4)c4cccc5c4C46c7c(cccc7N(c7ccccc7)c7ccccc7)CC4CCC6C5)cc32)cc1. The van der Waals surface area contributed by atoms with Crippen LogP contribution >= 0.6 is 0 Å². The van der Waals surface area contributed by atoms with Gasteiger partial charge in [0, 0.05) is 44.6 Å². The molecule has 1 heterocycles. The Hall–Kier alpha value is -6.84. The first-order chi connectivity index (χ1) is 29.2. The second kappa shape index (κ2) is 13.4. The van der Waals surface area contributed by atoms with Crippen molar-refractivity contribution in [2.24, 2.45) is 11.8 Å². The van der Waals surface area contributed by atoms with Crippen LogP contribution in [0.2, 0.25) is 0 Å². The Morgan fingerprint density at radius 2 is 0.932 bits per heavy atom. The first-order valence-corrected chi connectivity index (χ1v) is 21.3. The summed E-state index contributed by atoms with van der Waals surface area (Å²) in [6.45, 7) is 2.16. The van der Waals surface area contributed by atoms with Gasteiger partial charge >= 0.3 is 0 Å². The first-order valence-electron chi connectivity index (χ1n) is 21.3. The molecule has 0 aliphatic heterocycles.